The number of ether oxygens (including phenoxy) is 1. The van der Waals surface area contributed by atoms with E-state index in [0.717, 1.165) is 0 Å². The van der Waals surface area contributed by atoms with Crippen LogP contribution in [-0.4, -0.2) is 41.4 Å². The minimum atomic E-state index is -1.04. The molecule has 1 aromatic carbocycles. The van der Waals surface area contributed by atoms with Gasteiger partial charge >= 0.3 is 5.97 Å². The molecule has 9 heteroatoms. The highest BCUT2D eigenvalue weighted by atomic mass is 35.5. The predicted octanol–water partition coefficient (Wildman–Crippen LogP) is 4.23. The molecule has 28 heavy (non-hydrogen) atoms. The fourth-order valence-electron chi connectivity index (χ4n) is 2.97. The molecule has 0 aliphatic carbocycles. The van der Waals surface area contributed by atoms with Crippen LogP contribution in [-0.2, 0) is 14.3 Å². The van der Waals surface area contributed by atoms with E-state index in [2.05, 4.69) is 5.32 Å². The molecule has 2 aromatic rings. The van der Waals surface area contributed by atoms with Gasteiger partial charge in [0.2, 0.25) is 0 Å². The van der Waals surface area contributed by atoms with Crippen LogP contribution in [0.3, 0.4) is 0 Å². The molecule has 1 aliphatic rings. The summed E-state index contributed by atoms with van der Waals surface area (Å²) in [6, 6.07) is 7.44. The number of amides is 2. The highest BCUT2D eigenvalue weighted by Gasteiger charge is 2.37. The van der Waals surface area contributed by atoms with Crippen molar-refractivity contribution in [2.24, 2.45) is 0 Å². The van der Waals surface area contributed by atoms with Crippen LogP contribution in [0.1, 0.15) is 29.4 Å². The van der Waals surface area contributed by atoms with Gasteiger partial charge in [-0.1, -0.05) is 29.3 Å². The summed E-state index contributed by atoms with van der Waals surface area (Å²) in [6.07, 6.45) is 0.177. The van der Waals surface area contributed by atoms with Crippen LogP contribution in [0.15, 0.2) is 35.7 Å². The zero-order chi connectivity index (χ0) is 20.3. The van der Waals surface area contributed by atoms with Gasteiger partial charge in [0.15, 0.2) is 6.10 Å². The van der Waals surface area contributed by atoms with Crippen molar-refractivity contribution in [2.45, 2.75) is 31.9 Å². The van der Waals surface area contributed by atoms with Gasteiger partial charge in [-0.2, -0.15) is 0 Å². The van der Waals surface area contributed by atoms with Crippen LogP contribution in [0.4, 0.5) is 5.69 Å². The van der Waals surface area contributed by atoms with E-state index in [9.17, 15) is 14.4 Å². The molecule has 2 unspecified atom stereocenters. The van der Waals surface area contributed by atoms with Crippen molar-refractivity contribution in [3.05, 3.63) is 50.6 Å². The first-order chi connectivity index (χ1) is 13.3. The van der Waals surface area contributed by atoms with Gasteiger partial charge < -0.3 is 15.0 Å². The molecule has 2 heterocycles. The van der Waals surface area contributed by atoms with E-state index in [0.29, 0.717) is 40.0 Å². The van der Waals surface area contributed by atoms with E-state index < -0.39 is 24.0 Å². The number of hydrogen-bond donors (Lipinski definition) is 1. The number of benzene rings is 1. The number of carbonyl (C=O) groups excluding carboxylic acids is 3. The number of carbonyl (C=O) groups is 3. The summed E-state index contributed by atoms with van der Waals surface area (Å²) in [5.41, 5.74) is 0.403. The van der Waals surface area contributed by atoms with Crippen molar-refractivity contribution >= 4 is 58.0 Å². The highest BCUT2D eigenvalue weighted by Crippen LogP contribution is 2.25. The number of halogens is 2. The average Bonchev–Trinajstić information content (AvgIpc) is 3.32. The van der Waals surface area contributed by atoms with Crippen LogP contribution >= 0.6 is 34.5 Å². The lowest BCUT2D eigenvalue weighted by molar-refractivity contribution is -0.156. The number of nitrogens with zero attached hydrogens (tertiary/aromatic N) is 1. The van der Waals surface area contributed by atoms with Gasteiger partial charge in [-0.25, -0.2) is 4.79 Å². The smallest absolute Gasteiger partial charge is 0.329 e. The summed E-state index contributed by atoms with van der Waals surface area (Å²) in [5, 5.41) is 5.17. The lowest BCUT2D eigenvalue weighted by Crippen LogP contribution is -2.43. The minimum Gasteiger partial charge on any atom is -0.451 e. The number of anilines is 1. The van der Waals surface area contributed by atoms with Crippen LogP contribution in [0.5, 0.6) is 0 Å². The van der Waals surface area contributed by atoms with Gasteiger partial charge in [0.1, 0.15) is 6.04 Å². The minimum absolute atomic E-state index is 0.194. The third-order valence-electron chi connectivity index (χ3n) is 4.31. The van der Waals surface area contributed by atoms with Crippen molar-refractivity contribution in [2.75, 3.05) is 11.9 Å². The van der Waals surface area contributed by atoms with Gasteiger partial charge in [-0.3, -0.25) is 9.59 Å². The van der Waals surface area contributed by atoms with E-state index in [1.165, 1.54) is 35.3 Å². The van der Waals surface area contributed by atoms with Crippen molar-refractivity contribution in [1.82, 2.24) is 4.90 Å². The molecule has 3 rings (SSSR count). The summed E-state index contributed by atoms with van der Waals surface area (Å²) in [4.78, 5) is 39.6. The van der Waals surface area contributed by atoms with Crippen LogP contribution in [0, 0.1) is 0 Å². The second-order valence-electron chi connectivity index (χ2n) is 6.36. The Labute approximate surface area is 176 Å². The topological polar surface area (TPSA) is 75.7 Å². The molecule has 6 nitrogen and oxygen atoms in total. The lowest BCUT2D eigenvalue weighted by Gasteiger charge is -2.24. The number of hydrogen-bond acceptors (Lipinski definition) is 5. The Kier molecular flexibility index (Phi) is 6.59. The summed E-state index contributed by atoms with van der Waals surface area (Å²) in [7, 11) is 0. The van der Waals surface area contributed by atoms with Crippen LogP contribution < -0.4 is 5.32 Å². The third-order valence-corrected chi connectivity index (χ3v) is 5.60. The molecule has 1 saturated heterocycles. The van der Waals surface area contributed by atoms with Crippen LogP contribution in [0.25, 0.3) is 0 Å². The molecule has 1 N–H and O–H groups in total. The second kappa shape index (κ2) is 8.94. The fraction of sp³-hybridized carbons (Fsp3) is 0.316. The van der Waals surface area contributed by atoms with E-state index in [1.807, 2.05) is 5.38 Å². The Morgan fingerprint density at radius 2 is 1.96 bits per heavy atom. The first kappa shape index (κ1) is 20.6. The quantitative estimate of drug-likeness (QED) is 0.705. The van der Waals surface area contributed by atoms with Gasteiger partial charge in [0.25, 0.3) is 11.8 Å². The fourth-order valence-corrected chi connectivity index (χ4v) is 4.18. The standard InChI is InChI=1S/C19H18Cl2N2O4S/c1-11(17(24)22-14-9-12(20)8-13(21)10-14)27-19(26)15-4-2-6-23(15)18(25)16-5-3-7-28-16/h3,5,7-11,15H,2,4,6H2,1H3,(H,22,24). The van der Waals surface area contributed by atoms with Crippen LogP contribution in [0.2, 0.25) is 10.0 Å². The summed E-state index contributed by atoms with van der Waals surface area (Å²) >= 11 is 13.2. The molecule has 1 aromatic heterocycles. The molecule has 2 amide bonds. The van der Waals surface area contributed by atoms with Gasteiger partial charge in [-0.05, 0) is 49.4 Å². The molecule has 0 radical (unpaired) electrons. The van der Waals surface area contributed by atoms with Crippen molar-refractivity contribution in [1.29, 1.82) is 0 Å². The van der Waals surface area contributed by atoms with E-state index in [4.69, 9.17) is 27.9 Å². The largest absolute Gasteiger partial charge is 0.451 e. The van der Waals surface area contributed by atoms with E-state index in [1.54, 1.807) is 18.2 Å². The lowest BCUT2D eigenvalue weighted by atomic mass is 10.2. The molecular weight excluding hydrogens is 423 g/mol. The Hall–Kier alpha value is -2.09. The Balaban J connectivity index is 1.61. The second-order valence-corrected chi connectivity index (χ2v) is 8.18. The molecule has 2 atom stereocenters. The number of likely N-dealkylation sites (tertiary alicyclic amines) is 1. The van der Waals surface area contributed by atoms with Gasteiger partial charge in [0.05, 0.1) is 4.88 Å². The summed E-state index contributed by atoms with van der Waals surface area (Å²) in [6.45, 7) is 1.96. The van der Waals surface area contributed by atoms with Crippen molar-refractivity contribution < 1.29 is 19.1 Å². The normalized spacial score (nSPS) is 17.2. The van der Waals surface area contributed by atoms with Gasteiger partial charge in [-0.15, -0.1) is 11.3 Å². The van der Waals surface area contributed by atoms with Crippen molar-refractivity contribution in [3.8, 4) is 0 Å². The zero-order valence-electron chi connectivity index (χ0n) is 15.0. The monoisotopic (exact) mass is 440 g/mol. The first-order valence-corrected chi connectivity index (χ1v) is 10.3. The number of rotatable bonds is 5. The Morgan fingerprint density at radius 1 is 1.25 bits per heavy atom. The molecular formula is C19H18Cl2N2O4S. The van der Waals surface area contributed by atoms with E-state index in [-0.39, 0.29) is 5.91 Å². The summed E-state index contributed by atoms with van der Waals surface area (Å²) in [5.74, 6) is -1.30. The molecule has 1 fully saturated rings. The maximum Gasteiger partial charge on any atom is 0.329 e. The highest BCUT2D eigenvalue weighted by molar-refractivity contribution is 7.12. The molecule has 0 saturated carbocycles. The number of thiophene rings is 1. The van der Waals surface area contributed by atoms with Gasteiger partial charge in [0, 0.05) is 22.3 Å². The molecule has 148 valence electrons. The average molecular weight is 441 g/mol. The van der Waals surface area contributed by atoms with E-state index >= 15 is 0 Å². The van der Waals surface area contributed by atoms with Crippen molar-refractivity contribution in [3.63, 3.8) is 0 Å². The maximum atomic E-state index is 12.6. The maximum absolute atomic E-state index is 12.6. The molecule has 1 aliphatic heterocycles. The summed E-state index contributed by atoms with van der Waals surface area (Å²) < 4.78 is 5.32. The number of nitrogens with one attached hydrogen (secondary N) is 1. The zero-order valence-corrected chi connectivity index (χ0v) is 17.3. The molecule has 0 spiro atoms. The Bertz CT molecular complexity index is 868. The first-order valence-electron chi connectivity index (χ1n) is 8.67. The third kappa shape index (κ3) is 4.84. The Morgan fingerprint density at radius 3 is 2.61 bits per heavy atom. The predicted molar refractivity (Wildman–Crippen MR) is 109 cm³/mol. The molecule has 0 bridgehead atoms. The SMILES string of the molecule is CC(OC(=O)C1CCCN1C(=O)c1cccs1)C(=O)Nc1cc(Cl)cc(Cl)c1. The number of esters is 1.